The van der Waals surface area contributed by atoms with E-state index in [1.165, 1.54) is 5.56 Å². The summed E-state index contributed by atoms with van der Waals surface area (Å²) in [6.45, 7) is 1.89. The fourth-order valence-corrected chi connectivity index (χ4v) is 3.73. The minimum Gasteiger partial charge on any atom is -0.467 e. The summed E-state index contributed by atoms with van der Waals surface area (Å²) in [6.07, 6.45) is 5.96. The molecule has 3 aromatic rings. The summed E-state index contributed by atoms with van der Waals surface area (Å²) < 4.78 is 5.34. The highest BCUT2D eigenvalue weighted by atomic mass is 16.4. The first-order valence-electron chi connectivity index (χ1n) is 8.84. The number of rotatable bonds is 6. The van der Waals surface area contributed by atoms with Crippen LogP contribution in [0.15, 0.2) is 59.3 Å². The molecule has 1 aliphatic heterocycles. The van der Waals surface area contributed by atoms with Crippen LogP contribution < -0.4 is 0 Å². The summed E-state index contributed by atoms with van der Waals surface area (Å²) in [7, 11) is 0. The number of aliphatic hydroxyl groups is 1. The van der Waals surface area contributed by atoms with Gasteiger partial charge in [0, 0.05) is 18.2 Å². The van der Waals surface area contributed by atoms with E-state index in [9.17, 15) is 5.11 Å². The number of aromatic amines is 1. The molecule has 3 heterocycles. The van der Waals surface area contributed by atoms with Crippen molar-refractivity contribution in [3.8, 4) is 11.3 Å². The molecular weight excluding hydrogens is 314 g/mol. The predicted octanol–water partition coefficient (Wildman–Crippen LogP) is 3.76. The summed E-state index contributed by atoms with van der Waals surface area (Å²) >= 11 is 0. The van der Waals surface area contributed by atoms with Crippen LogP contribution in [0.1, 0.15) is 36.7 Å². The molecule has 2 atom stereocenters. The fourth-order valence-electron chi connectivity index (χ4n) is 3.73. The van der Waals surface area contributed by atoms with Crippen LogP contribution in [0.2, 0.25) is 0 Å². The third kappa shape index (κ3) is 3.52. The van der Waals surface area contributed by atoms with Gasteiger partial charge in [0.15, 0.2) is 0 Å². The number of hydrogen-bond donors (Lipinski definition) is 2. The lowest BCUT2D eigenvalue weighted by Gasteiger charge is -2.25. The number of benzene rings is 1. The van der Waals surface area contributed by atoms with Crippen LogP contribution in [0.5, 0.6) is 0 Å². The van der Waals surface area contributed by atoms with Crippen LogP contribution >= 0.6 is 0 Å². The molecule has 2 unspecified atom stereocenters. The molecule has 0 radical (unpaired) electrons. The van der Waals surface area contributed by atoms with E-state index in [0.717, 1.165) is 37.2 Å². The highest BCUT2D eigenvalue weighted by Gasteiger charge is 2.28. The Morgan fingerprint density at radius 2 is 2.12 bits per heavy atom. The quantitative estimate of drug-likeness (QED) is 0.719. The second kappa shape index (κ2) is 7.25. The molecule has 2 aromatic heterocycles. The largest absolute Gasteiger partial charge is 0.467 e. The van der Waals surface area contributed by atoms with E-state index in [2.05, 4.69) is 27.2 Å². The Kier molecular flexibility index (Phi) is 4.68. The molecule has 0 bridgehead atoms. The second-order valence-corrected chi connectivity index (χ2v) is 6.67. The minimum atomic E-state index is -0.543. The normalized spacial score (nSPS) is 19.3. The molecule has 25 heavy (non-hydrogen) atoms. The average molecular weight is 337 g/mol. The van der Waals surface area contributed by atoms with Crippen molar-refractivity contribution in [2.45, 2.75) is 38.0 Å². The summed E-state index contributed by atoms with van der Waals surface area (Å²) in [6, 6.07) is 14.3. The van der Waals surface area contributed by atoms with Crippen LogP contribution in [0, 0.1) is 0 Å². The van der Waals surface area contributed by atoms with Crippen molar-refractivity contribution < 1.29 is 9.52 Å². The molecule has 1 aromatic carbocycles. The van der Waals surface area contributed by atoms with E-state index >= 15 is 0 Å². The van der Waals surface area contributed by atoms with Crippen LogP contribution in [-0.2, 0) is 6.54 Å². The molecule has 0 saturated carbocycles. The number of likely N-dealkylation sites (tertiary alicyclic amines) is 1. The lowest BCUT2D eigenvalue weighted by atomic mass is 10.0. The van der Waals surface area contributed by atoms with Gasteiger partial charge < -0.3 is 9.52 Å². The molecule has 2 N–H and O–H groups in total. The standard InChI is InChI=1S/C20H23N3O2/c24-18(19-9-5-11-25-19)12-17-8-4-10-23(17)14-16-13-21-22-20(16)15-6-2-1-3-7-15/h1-3,5-7,9,11,13,17-18,24H,4,8,10,12,14H2,(H,21,22). The number of nitrogens with one attached hydrogen (secondary N) is 1. The summed E-state index contributed by atoms with van der Waals surface area (Å²) in [5.41, 5.74) is 3.43. The van der Waals surface area contributed by atoms with Crippen LogP contribution in [0.3, 0.4) is 0 Å². The zero-order valence-corrected chi connectivity index (χ0v) is 14.1. The number of hydrogen-bond acceptors (Lipinski definition) is 4. The highest BCUT2D eigenvalue weighted by Crippen LogP contribution is 2.30. The zero-order chi connectivity index (χ0) is 17.1. The van der Waals surface area contributed by atoms with Crippen molar-refractivity contribution >= 4 is 0 Å². The van der Waals surface area contributed by atoms with E-state index < -0.39 is 6.10 Å². The monoisotopic (exact) mass is 337 g/mol. The third-order valence-electron chi connectivity index (χ3n) is 5.02. The molecule has 1 saturated heterocycles. The van der Waals surface area contributed by atoms with Gasteiger partial charge in [-0.05, 0) is 43.5 Å². The first kappa shape index (κ1) is 16.1. The smallest absolute Gasteiger partial charge is 0.132 e. The van der Waals surface area contributed by atoms with Gasteiger partial charge in [-0.3, -0.25) is 10.00 Å². The van der Waals surface area contributed by atoms with Crippen molar-refractivity contribution in [3.05, 3.63) is 66.2 Å². The van der Waals surface area contributed by atoms with Crippen molar-refractivity contribution in [1.29, 1.82) is 0 Å². The van der Waals surface area contributed by atoms with Crippen molar-refractivity contribution in [1.82, 2.24) is 15.1 Å². The third-order valence-corrected chi connectivity index (χ3v) is 5.02. The summed E-state index contributed by atoms with van der Waals surface area (Å²) in [4.78, 5) is 2.45. The van der Waals surface area contributed by atoms with E-state index in [-0.39, 0.29) is 0 Å². The lowest BCUT2D eigenvalue weighted by Crippen LogP contribution is -2.30. The van der Waals surface area contributed by atoms with E-state index in [1.54, 1.807) is 6.26 Å². The first-order chi connectivity index (χ1) is 12.3. The van der Waals surface area contributed by atoms with Crippen LogP contribution in [0.4, 0.5) is 0 Å². The maximum absolute atomic E-state index is 10.4. The Balaban J connectivity index is 1.46. The number of aliphatic hydroxyl groups excluding tert-OH is 1. The topological polar surface area (TPSA) is 65.3 Å². The molecule has 5 nitrogen and oxygen atoms in total. The molecule has 0 amide bonds. The van der Waals surface area contributed by atoms with E-state index in [4.69, 9.17) is 4.42 Å². The lowest BCUT2D eigenvalue weighted by molar-refractivity contribution is 0.0996. The molecule has 130 valence electrons. The van der Waals surface area contributed by atoms with Gasteiger partial charge in [-0.25, -0.2) is 0 Å². The Bertz CT molecular complexity index is 782. The summed E-state index contributed by atoms with van der Waals surface area (Å²) in [5.74, 6) is 0.653. The van der Waals surface area contributed by atoms with Gasteiger partial charge in [0.05, 0.1) is 18.2 Å². The SMILES string of the molecule is OC(CC1CCCN1Cc1cn[nH]c1-c1ccccc1)c1ccco1. The summed E-state index contributed by atoms with van der Waals surface area (Å²) in [5, 5.41) is 17.8. The van der Waals surface area contributed by atoms with Crippen molar-refractivity contribution in [2.75, 3.05) is 6.54 Å². The molecular formula is C20H23N3O2. The number of nitrogens with zero attached hydrogens (tertiary/aromatic N) is 2. The van der Waals surface area contributed by atoms with E-state index in [1.807, 2.05) is 36.5 Å². The van der Waals surface area contributed by atoms with Gasteiger partial charge in [0.25, 0.3) is 0 Å². The Hall–Kier alpha value is -2.37. The first-order valence-corrected chi connectivity index (χ1v) is 8.84. The van der Waals surface area contributed by atoms with Gasteiger partial charge in [-0.15, -0.1) is 0 Å². The fraction of sp³-hybridized carbons (Fsp3) is 0.350. The molecule has 1 fully saturated rings. The van der Waals surface area contributed by atoms with Crippen molar-refractivity contribution in [2.24, 2.45) is 0 Å². The Morgan fingerprint density at radius 1 is 1.24 bits per heavy atom. The van der Waals surface area contributed by atoms with Gasteiger partial charge in [0.1, 0.15) is 11.9 Å². The number of furan rings is 1. The average Bonchev–Trinajstić information content (AvgIpc) is 3.38. The van der Waals surface area contributed by atoms with Gasteiger partial charge in [-0.2, -0.15) is 5.10 Å². The number of H-pyrrole nitrogens is 1. The molecule has 4 rings (SSSR count). The Labute approximate surface area is 147 Å². The van der Waals surface area contributed by atoms with Crippen LogP contribution in [-0.4, -0.2) is 32.8 Å². The molecule has 0 spiro atoms. The van der Waals surface area contributed by atoms with Crippen molar-refractivity contribution in [3.63, 3.8) is 0 Å². The van der Waals surface area contributed by atoms with Gasteiger partial charge >= 0.3 is 0 Å². The number of aromatic nitrogens is 2. The predicted molar refractivity (Wildman–Crippen MR) is 95.7 cm³/mol. The van der Waals surface area contributed by atoms with Crippen LogP contribution in [0.25, 0.3) is 11.3 Å². The van der Waals surface area contributed by atoms with E-state index in [0.29, 0.717) is 18.2 Å². The molecule has 5 heteroatoms. The molecule has 1 aliphatic rings. The Morgan fingerprint density at radius 3 is 2.92 bits per heavy atom. The van der Waals surface area contributed by atoms with Gasteiger partial charge in [0.2, 0.25) is 0 Å². The highest BCUT2D eigenvalue weighted by molar-refractivity contribution is 5.62. The maximum atomic E-state index is 10.4. The molecule has 0 aliphatic carbocycles. The second-order valence-electron chi connectivity index (χ2n) is 6.67. The zero-order valence-electron chi connectivity index (χ0n) is 14.1. The minimum absolute atomic E-state index is 0.360. The maximum Gasteiger partial charge on any atom is 0.132 e. The van der Waals surface area contributed by atoms with Gasteiger partial charge in [-0.1, -0.05) is 30.3 Å².